The van der Waals surface area contributed by atoms with E-state index in [0.29, 0.717) is 11.5 Å². The van der Waals surface area contributed by atoms with Crippen molar-refractivity contribution < 1.29 is 33.3 Å². The van der Waals surface area contributed by atoms with Crippen LogP contribution < -0.4 is 20.3 Å². The van der Waals surface area contributed by atoms with Crippen LogP contribution in [0.1, 0.15) is 57.5 Å². The van der Waals surface area contributed by atoms with Crippen molar-refractivity contribution in [1.82, 2.24) is 19.5 Å². The lowest BCUT2D eigenvalue weighted by Crippen LogP contribution is -2.49. The second-order valence-corrected chi connectivity index (χ2v) is 20.4. The Morgan fingerprint density at radius 1 is 0.945 bits per heavy atom. The number of aromatic amines is 1. The fraction of sp³-hybridized carbons (Fsp3) is 0.415. The Kier molecular flexibility index (Phi) is 11.4. The summed E-state index contributed by atoms with van der Waals surface area (Å²) in [5.41, 5.74) is 1.01. The lowest BCUT2D eigenvalue weighted by Gasteiger charge is -2.40. The number of methoxy groups -OCH3 is 2. The number of aliphatic hydroxyl groups is 1. The topological polar surface area (TPSA) is 159 Å². The molecule has 3 heterocycles. The fourth-order valence-electron chi connectivity index (χ4n) is 6.44. The van der Waals surface area contributed by atoms with Crippen LogP contribution in [0.2, 0.25) is 18.1 Å². The van der Waals surface area contributed by atoms with Gasteiger partial charge in [0.25, 0.3) is 5.56 Å². The molecule has 14 heteroatoms. The van der Waals surface area contributed by atoms with Crippen molar-refractivity contribution in [3.05, 3.63) is 112 Å². The number of nitrogens with zero attached hydrogens (tertiary/aromatic N) is 3. The highest BCUT2D eigenvalue weighted by atomic mass is 28.4. The number of rotatable bonds is 13. The zero-order valence-electron chi connectivity index (χ0n) is 32.8. The minimum absolute atomic E-state index is 0.0233. The van der Waals surface area contributed by atoms with Crippen LogP contribution in [0.15, 0.2) is 90.0 Å². The van der Waals surface area contributed by atoms with Gasteiger partial charge < -0.3 is 28.5 Å². The maximum Gasteiger partial charge on any atom is 0.280 e. The van der Waals surface area contributed by atoms with E-state index in [0.717, 1.165) is 16.7 Å². The van der Waals surface area contributed by atoms with Gasteiger partial charge in [-0.25, -0.2) is 4.98 Å². The summed E-state index contributed by atoms with van der Waals surface area (Å²) in [5.74, 6) is 0.699. The van der Waals surface area contributed by atoms with Crippen molar-refractivity contribution in [3.8, 4) is 11.5 Å². The lowest BCUT2D eigenvalue weighted by atomic mass is 9.80. The molecule has 1 aliphatic rings. The van der Waals surface area contributed by atoms with E-state index in [4.69, 9.17) is 23.4 Å². The zero-order valence-corrected chi connectivity index (χ0v) is 33.8. The first-order valence-corrected chi connectivity index (χ1v) is 21.3. The number of aliphatic hydroxyl groups excluding tert-OH is 1. The smallest absolute Gasteiger partial charge is 0.280 e. The van der Waals surface area contributed by atoms with Gasteiger partial charge in [0, 0.05) is 5.92 Å². The molecule has 5 aromatic rings. The second kappa shape index (κ2) is 15.7. The maximum atomic E-state index is 13.2. The van der Waals surface area contributed by atoms with Gasteiger partial charge in [0.1, 0.15) is 35.4 Å². The van der Waals surface area contributed by atoms with E-state index in [1.54, 1.807) is 32.6 Å². The summed E-state index contributed by atoms with van der Waals surface area (Å²) in [7, 11) is 0.701. The average Bonchev–Trinajstić information content (AvgIpc) is 3.72. The summed E-state index contributed by atoms with van der Waals surface area (Å²) in [5, 5.41) is 14.7. The van der Waals surface area contributed by atoms with Gasteiger partial charge in [-0.3, -0.25) is 24.5 Å². The highest BCUT2D eigenvalue weighted by Crippen LogP contribution is 2.45. The van der Waals surface area contributed by atoms with Crippen molar-refractivity contribution in [1.29, 1.82) is 0 Å². The van der Waals surface area contributed by atoms with Crippen LogP contribution in [0.5, 0.6) is 11.5 Å². The van der Waals surface area contributed by atoms with E-state index in [-0.39, 0.29) is 40.6 Å². The van der Waals surface area contributed by atoms with E-state index >= 15 is 0 Å². The van der Waals surface area contributed by atoms with Crippen LogP contribution >= 0.6 is 0 Å². The lowest BCUT2D eigenvalue weighted by molar-refractivity contribution is -0.118. The van der Waals surface area contributed by atoms with Crippen molar-refractivity contribution in [2.24, 2.45) is 5.92 Å². The minimum atomic E-state index is -2.54. The average molecular weight is 770 g/mol. The molecule has 0 saturated carbocycles. The fourth-order valence-corrected chi connectivity index (χ4v) is 7.73. The van der Waals surface area contributed by atoms with E-state index in [2.05, 4.69) is 54.1 Å². The molecule has 13 nitrogen and oxygen atoms in total. The van der Waals surface area contributed by atoms with Gasteiger partial charge >= 0.3 is 0 Å². The summed E-state index contributed by atoms with van der Waals surface area (Å²) in [6, 6.07) is 25.3. The van der Waals surface area contributed by atoms with Gasteiger partial charge in [-0.05, 0) is 59.1 Å². The molecule has 0 bridgehead atoms. The number of imidazole rings is 1. The Balaban J connectivity index is 1.44. The minimum Gasteiger partial charge on any atom is -0.497 e. The standard InChI is InChI=1S/C41H51N5O8Si/c1-25(2)36(48)44-39-43-35-32(37(49)45-39)42-24-46(35)38-34(54-55(8,9)40(3,4)5)33(47)31(53-38)23-52-41(26-13-11-10-12-14-26,27-15-19-29(50-6)20-16-27)28-17-21-30(51-7)22-18-28/h10-22,24-25,31,33-34,38,47H,23H2,1-9H3,(H2,43,44,45,48,49)/t31?,33?,34-,38?/m0/s1. The van der Waals surface area contributed by atoms with E-state index in [1.807, 2.05) is 78.9 Å². The number of amides is 1. The first kappa shape index (κ1) is 39.8. The molecule has 0 aliphatic carbocycles. The molecule has 2 aromatic heterocycles. The first-order chi connectivity index (χ1) is 26.1. The van der Waals surface area contributed by atoms with Gasteiger partial charge in [-0.1, -0.05) is 89.2 Å². The maximum absolute atomic E-state index is 13.2. The van der Waals surface area contributed by atoms with E-state index in [9.17, 15) is 14.7 Å². The third kappa shape index (κ3) is 7.82. The van der Waals surface area contributed by atoms with Crippen LogP contribution in [0.3, 0.4) is 0 Å². The molecule has 1 amide bonds. The third-order valence-electron chi connectivity index (χ3n) is 10.7. The zero-order chi connectivity index (χ0) is 39.7. The number of carbonyl (C=O) groups excluding carboxylic acids is 1. The molecule has 1 saturated heterocycles. The van der Waals surface area contributed by atoms with Crippen molar-refractivity contribution in [2.75, 3.05) is 26.1 Å². The van der Waals surface area contributed by atoms with Gasteiger partial charge in [-0.2, -0.15) is 4.98 Å². The quantitative estimate of drug-likeness (QED) is 0.0906. The van der Waals surface area contributed by atoms with Crippen LogP contribution in [-0.2, 0) is 24.3 Å². The molecule has 1 aliphatic heterocycles. The SMILES string of the molecule is COc1ccc(C(OCC2OC(n3cnc4c(=O)[nH]c(NC(=O)C(C)C)nc43)[C@@H](O[Si](C)(C)C(C)(C)C)C2O)(c2ccccc2)c2ccc(OC)cc2)cc1. The monoisotopic (exact) mass is 769 g/mol. The Hall–Kier alpha value is -4.86. The number of anilines is 1. The molecule has 3 aromatic carbocycles. The number of aromatic nitrogens is 4. The second-order valence-electron chi connectivity index (χ2n) is 15.6. The predicted molar refractivity (Wildman–Crippen MR) is 212 cm³/mol. The molecule has 55 heavy (non-hydrogen) atoms. The molecule has 0 spiro atoms. The molecule has 0 radical (unpaired) electrons. The number of H-pyrrole nitrogens is 1. The van der Waals surface area contributed by atoms with Gasteiger partial charge in [0.2, 0.25) is 11.9 Å². The number of fused-ring (bicyclic) bond motifs is 1. The van der Waals surface area contributed by atoms with Crippen LogP contribution in [0.4, 0.5) is 5.95 Å². The van der Waals surface area contributed by atoms with Crippen LogP contribution in [0.25, 0.3) is 11.2 Å². The summed E-state index contributed by atoms with van der Waals surface area (Å²) >= 11 is 0. The Bertz CT molecular complexity index is 2100. The number of carbonyl (C=O) groups is 1. The molecule has 3 unspecified atom stereocenters. The summed E-state index contributed by atoms with van der Waals surface area (Å²) < 4.78 is 33.4. The first-order valence-electron chi connectivity index (χ1n) is 18.4. The molecule has 3 N–H and O–H groups in total. The van der Waals surface area contributed by atoms with Crippen LogP contribution in [-0.4, -0.2) is 78.0 Å². The Morgan fingerprint density at radius 3 is 2.04 bits per heavy atom. The van der Waals surface area contributed by atoms with E-state index < -0.39 is 44.0 Å². The van der Waals surface area contributed by atoms with Gasteiger partial charge in [0.05, 0.1) is 27.2 Å². The number of ether oxygens (including phenoxy) is 4. The largest absolute Gasteiger partial charge is 0.497 e. The molecule has 1 fully saturated rings. The molecule has 4 atom stereocenters. The number of benzene rings is 3. The molecule has 6 rings (SSSR count). The highest BCUT2D eigenvalue weighted by Gasteiger charge is 2.52. The highest BCUT2D eigenvalue weighted by molar-refractivity contribution is 6.74. The molecular weight excluding hydrogens is 719 g/mol. The summed E-state index contributed by atoms with van der Waals surface area (Å²) in [4.78, 5) is 37.3. The van der Waals surface area contributed by atoms with Crippen LogP contribution in [0, 0.1) is 5.92 Å². The van der Waals surface area contributed by atoms with E-state index in [1.165, 1.54) is 6.33 Å². The summed E-state index contributed by atoms with van der Waals surface area (Å²) in [6.45, 7) is 14.0. The molecular formula is C41H51N5O8Si. The van der Waals surface area contributed by atoms with Crippen molar-refractivity contribution in [2.45, 2.75) is 82.9 Å². The van der Waals surface area contributed by atoms with Crippen molar-refractivity contribution in [3.63, 3.8) is 0 Å². The predicted octanol–water partition coefficient (Wildman–Crippen LogP) is 6.39. The normalized spacial score (nSPS) is 19.2. The van der Waals surface area contributed by atoms with Gasteiger partial charge in [-0.15, -0.1) is 0 Å². The Labute approximate surface area is 322 Å². The van der Waals surface area contributed by atoms with Gasteiger partial charge in [0.15, 0.2) is 25.7 Å². The number of hydrogen-bond donors (Lipinski definition) is 3. The number of hydrogen-bond acceptors (Lipinski definition) is 10. The molecule has 292 valence electrons. The van der Waals surface area contributed by atoms with Crippen molar-refractivity contribution >= 4 is 31.3 Å². The summed E-state index contributed by atoms with van der Waals surface area (Å²) in [6.07, 6.45) is -2.47. The third-order valence-corrected chi connectivity index (χ3v) is 15.1. The Morgan fingerprint density at radius 2 is 1.51 bits per heavy atom. The number of nitrogens with one attached hydrogen (secondary N) is 2.